The molecule has 0 saturated carbocycles. The molecule has 0 aliphatic heterocycles. The van der Waals surface area contributed by atoms with Crippen molar-refractivity contribution in [2.45, 2.75) is 115 Å². The monoisotopic (exact) mass is 788 g/mol. The first-order valence-electron chi connectivity index (χ1n) is 19.6. The van der Waals surface area contributed by atoms with Crippen LogP contribution in [0, 0.1) is 11.8 Å². The molecular formula is C44H60N4O7S. The number of benzene rings is 3. The van der Waals surface area contributed by atoms with Crippen LogP contribution < -0.4 is 21.3 Å². The summed E-state index contributed by atoms with van der Waals surface area (Å²) >= 11 is 1.40. The van der Waals surface area contributed by atoms with E-state index in [9.17, 15) is 29.1 Å². The molecule has 5 unspecified atom stereocenters. The van der Waals surface area contributed by atoms with E-state index in [-0.39, 0.29) is 61.3 Å². The molecule has 12 heteroatoms. The van der Waals surface area contributed by atoms with Crippen molar-refractivity contribution in [3.8, 4) is 0 Å². The van der Waals surface area contributed by atoms with E-state index in [1.807, 2.05) is 119 Å². The summed E-state index contributed by atoms with van der Waals surface area (Å²) in [6.07, 6.45) is 0.427. The van der Waals surface area contributed by atoms with Crippen molar-refractivity contribution in [3.05, 3.63) is 108 Å². The van der Waals surface area contributed by atoms with Gasteiger partial charge in [-0.2, -0.15) is 0 Å². The molecule has 0 aromatic heterocycles. The predicted molar refractivity (Wildman–Crippen MR) is 222 cm³/mol. The summed E-state index contributed by atoms with van der Waals surface area (Å²) < 4.78 is 0. The van der Waals surface area contributed by atoms with Crippen molar-refractivity contribution in [2.24, 2.45) is 11.8 Å². The van der Waals surface area contributed by atoms with E-state index >= 15 is 0 Å². The third-order valence-corrected chi connectivity index (χ3v) is 10.5. The molecule has 0 fully saturated rings. The molecule has 11 nitrogen and oxygen atoms in total. The molecule has 0 spiro atoms. The lowest BCUT2D eigenvalue weighted by atomic mass is 9.96. The van der Waals surface area contributed by atoms with Gasteiger partial charge in [0.25, 0.3) is 0 Å². The highest BCUT2D eigenvalue weighted by molar-refractivity contribution is 8.00. The molecule has 0 radical (unpaired) electrons. The van der Waals surface area contributed by atoms with Gasteiger partial charge in [-0.3, -0.25) is 24.0 Å². The third kappa shape index (κ3) is 18.3. The van der Waals surface area contributed by atoms with Gasteiger partial charge in [0.2, 0.25) is 23.6 Å². The Bertz CT molecular complexity index is 1640. The summed E-state index contributed by atoms with van der Waals surface area (Å²) in [7, 11) is 0. The summed E-state index contributed by atoms with van der Waals surface area (Å²) in [6.45, 7) is 8.22. The van der Waals surface area contributed by atoms with E-state index in [0.29, 0.717) is 38.0 Å². The standard InChI is InChI=1S/C44H60N4O7S/c1-30(2)23-36(38(49)27-41(51)47-37(24-31(3)4)43(54)45-28-34-19-12-7-13-20-34)48-44(55)39(26-33-17-10-6-11-18-33)56-29-35(25-32-15-8-5-9-16-32)46-40(50)21-14-22-42(52)53/h5-13,15-20,30-31,35-39,49H,14,21-29H2,1-4H3,(H,45,54)(H,46,50)(H,47,51)(H,48,55)(H,52,53). The Morgan fingerprint density at radius 2 is 1.20 bits per heavy atom. The minimum atomic E-state index is -1.22. The quantitative estimate of drug-likeness (QED) is 0.0659. The summed E-state index contributed by atoms with van der Waals surface area (Å²) in [4.78, 5) is 64.6. The van der Waals surface area contributed by atoms with Crippen LogP contribution in [0.5, 0.6) is 0 Å². The van der Waals surface area contributed by atoms with Gasteiger partial charge in [0, 0.05) is 31.2 Å². The normalized spacial score (nSPS) is 13.9. The second-order valence-electron chi connectivity index (χ2n) is 15.2. The highest BCUT2D eigenvalue weighted by Crippen LogP contribution is 2.22. The van der Waals surface area contributed by atoms with Crippen molar-refractivity contribution in [1.29, 1.82) is 0 Å². The maximum atomic E-state index is 14.2. The maximum Gasteiger partial charge on any atom is 0.303 e. The van der Waals surface area contributed by atoms with Crippen molar-refractivity contribution in [3.63, 3.8) is 0 Å². The Morgan fingerprint density at radius 1 is 0.643 bits per heavy atom. The van der Waals surface area contributed by atoms with E-state index in [1.54, 1.807) is 0 Å². The van der Waals surface area contributed by atoms with Gasteiger partial charge < -0.3 is 31.5 Å². The van der Waals surface area contributed by atoms with Crippen molar-refractivity contribution >= 4 is 41.4 Å². The molecular weight excluding hydrogens is 729 g/mol. The minimum Gasteiger partial charge on any atom is -0.481 e. The van der Waals surface area contributed by atoms with E-state index in [4.69, 9.17) is 5.11 Å². The van der Waals surface area contributed by atoms with Crippen LogP contribution in [0.2, 0.25) is 0 Å². The number of hydrogen-bond donors (Lipinski definition) is 6. The van der Waals surface area contributed by atoms with E-state index in [0.717, 1.165) is 16.7 Å². The molecule has 4 amide bonds. The molecule has 5 atom stereocenters. The van der Waals surface area contributed by atoms with Crippen LogP contribution in [0.4, 0.5) is 0 Å². The minimum absolute atomic E-state index is 0.0785. The van der Waals surface area contributed by atoms with E-state index in [2.05, 4.69) is 21.3 Å². The average Bonchev–Trinajstić information content (AvgIpc) is 3.15. The number of thioether (sulfide) groups is 1. The average molecular weight is 789 g/mol. The number of carbonyl (C=O) groups excluding carboxylic acids is 4. The molecule has 3 rings (SSSR count). The van der Waals surface area contributed by atoms with Gasteiger partial charge >= 0.3 is 5.97 Å². The molecule has 304 valence electrons. The van der Waals surface area contributed by atoms with Crippen LogP contribution >= 0.6 is 11.8 Å². The lowest BCUT2D eigenvalue weighted by molar-refractivity contribution is -0.137. The Labute approximate surface area is 336 Å². The lowest BCUT2D eigenvalue weighted by Gasteiger charge is -2.29. The summed E-state index contributed by atoms with van der Waals surface area (Å²) in [6, 6.07) is 26.9. The van der Waals surface area contributed by atoms with Crippen LogP contribution in [-0.4, -0.2) is 75.0 Å². The van der Waals surface area contributed by atoms with Crippen LogP contribution in [0.25, 0.3) is 0 Å². The molecule has 0 heterocycles. The number of aliphatic carboxylic acids is 1. The zero-order valence-corrected chi connectivity index (χ0v) is 33.9. The highest BCUT2D eigenvalue weighted by atomic mass is 32.2. The Balaban J connectivity index is 1.73. The fourth-order valence-electron chi connectivity index (χ4n) is 6.33. The molecule has 56 heavy (non-hydrogen) atoms. The number of hydrogen-bond acceptors (Lipinski definition) is 7. The summed E-state index contributed by atoms with van der Waals surface area (Å²) in [5, 5.41) is 31.7. The van der Waals surface area contributed by atoms with Gasteiger partial charge in [-0.25, -0.2) is 0 Å². The number of aliphatic hydroxyl groups is 1. The van der Waals surface area contributed by atoms with Gasteiger partial charge in [0.05, 0.1) is 23.8 Å². The van der Waals surface area contributed by atoms with Gasteiger partial charge in [0.1, 0.15) is 6.04 Å². The summed E-state index contributed by atoms with van der Waals surface area (Å²) in [5.41, 5.74) is 2.89. The number of nitrogens with one attached hydrogen (secondary N) is 4. The first-order valence-corrected chi connectivity index (χ1v) is 20.6. The molecule has 6 N–H and O–H groups in total. The molecule has 0 aliphatic carbocycles. The highest BCUT2D eigenvalue weighted by Gasteiger charge is 2.30. The van der Waals surface area contributed by atoms with Crippen LogP contribution in [0.3, 0.4) is 0 Å². The van der Waals surface area contributed by atoms with Crippen molar-refractivity contribution in [1.82, 2.24) is 21.3 Å². The van der Waals surface area contributed by atoms with Crippen LogP contribution in [0.15, 0.2) is 91.0 Å². The first kappa shape index (κ1) is 45.7. The fraction of sp³-hybridized carbons (Fsp3) is 0.477. The van der Waals surface area contributed by atoms with Gasteiger partial charge in [-0.1, -0.05) is 119 Å². The largest absolute Gasteiger partial charge is 0.481 e. The molecule has 3 aromatic carbocycles. The van der Waals surface area contributed by atoms with Crippen LogP contribution in [0.1, 0.15) is 82.9 Å². The molecule has 0 bridgehead atoms. The summed E-state index contributed by atoms with van der Waals surface area (Å²) in [5.74, 6) is -1.69. The number of carbonyl (C=O) groups is 5. The number of amides is 4. The van der Waals surface area contributed by atoms with Crippen molar-refractivity contribution in [2.75, 3.05) is 5.75 Å². The van der Waals surface area contributed by atoms with E-state index < -0.39 is 35.3 Å². The SMILES string of the molecule is CC(C)CC(NC(=O)CC(O)C(CC(C)C)NC(=O)C(Cc1ccccc1)SCC(Cc1ccccc1)NC(=O)CCCC(=O)O)C(=O)NCc1ccccc1. The van der Waals surface area contributed by atoms with Crippen LogP contribution in [-0.2, 0) is 43.4 Å². The second-order valence-corrected chi connectivity index (χ2v) is 16.4. The van der Waals surface area contributed by atoms with Gasteiger partial charge in [-0.15, -0.1) is 11.8 Å². The first-order chi connectivity index (χ1) is 26.8. The number of carboxylic acid groups (broad SMARTS) is 1. The zero-order valence-electron chi connectivity index (χ0n) is 33.1. The number of carboxylic acids is 1. The fourth-order valence-corrected chi connectivity index (χ4v) is 7.53. The van der Waals surface area contributed by atoms with Crippen molar-refractivity contribution < 1.29 is 34.2 Å². The molecule has 3 aromatic rings. The number of aliphatic hydroxyl groups excluding tert-OH is 1. The smallest absolute Gasteiger partial charge is 0.303 e. The zero-order chi connectivity index (χ0) is 40.9. The molecule has 0 saturated heterocycles. The second kappa shape index (κ2) is 24.8. The Morgan fingerprint density at radius 3 is 1.75 bits per heavy atom. The lowest BCUT2D eigenvalue weighted by Crippen LogP contribution is -2.51. The topological polar surface area (TPSA) is 174 Å². The van der Waals surface area contributed by atoms with E-state index in [1.165, 1.54) is 11.8 Å². The number of rotatable bonds is 25. The van der Waals surface area contributed by atoms with Gasteiger partial charge in [-0.05, 0) is 60.6 Å². The Hall–Kier alpha value is -4.68. The maximum absolute atomic E-state index is 14.2. The Kier molecular flexibility index (Phi) is 20.2. The predicted octanol–water partition coefficient (Wildman–Crippen LogP) is 5.44. The third-order valence-electron chi connectivity index (χ3n) is 9.12. The van der Waals surface area contributed by atoms with Gasteiger partial charge in [0.15, 0.2) is 0 Å². The molecule has 0 aliphatic rings.